The number of hydrogen-bond donors (Lipinski definition) is 1. The van der Waals surface area contributed by atoms with Crippen LogP contribution in [0.15, 0.2) is 24.3 Å². The van der Waals surface area contributed by atoms with E-state index < -0.39 is 0 Å². The number of carbonyl (C=O) groups excluding carboxylic acids is 2. The zero-order valence-electron chi connectivity index (χ0n) is 14.0. The van der Waals surface area contributed by atoms with E-state index in [0.717, 1.165) is 31.5 Å². The summed E-state index contributed by atoms with van der Waals surface area (Å²) in [5, 5.41) is 3.47. The molecule has 0 spiro atoms. The van der Waals surface area contributed by atoms with Gasteiger partial charge >= 0.3 is 0 Å². The van der Waals surface area contributed by atoms with Crippen LogP contribution in [0.1, 0.15) is 34.6 Å². The van der Waals surface area contributed by atoms with E-state index in [1.54, 1.807) is 19.1 Å². The highest BCUT2D eigenvalue weighted by atomic mass is 32.1. The molecule has 1 aromatic carbocycles. The molecule has 0 aliphatic carbocycles. The van der Waals surface area contributed by atoms with Crippen molar-refractivity contribution >= 4 is 23.2 Å². The summed E-state index contributed by atoms with van der Waals surface area (Å²) in [4.78, 5) is 31.1. The van der Waals surface area contributed by atoms with Crippen molar-refractivity contribution in [3.8, 4) is 10.6 Å². The molecule has 0 bridgehead atoms. The van der Waals surface area contributed by atoms with Crippen LogP contribution in [-0.4, -0.2) is 41.3 Å². The van der Waals surface area contributed by atoms with Crippen molar-refractivity contribution in [2.24, 2.45) is 0 Å². The SMILES string of the molecule is Cc1nc(-c2ccc(F)cc2)sc1C(=O)NCCC(=O)N1CCCC1. The van der Waals surface area contributed by atoms with E-state index in [1.807, 2.05) is 4.90 Å². The number of benzene rings is 1. The minimum absolute atomic E-state index is 0.0887. The number of halogens is 1. The molecule has 25 heavy (non-hydrogen) atoms. The Morgan fingerprint density at radius 3 is 2.60 bits per heavy atom. The fraction of sp³-hybridized carbons (Fsp3) is 0.389. The van der Waals surface area contributed by atoms with Gasteiger partial charge in [0, 0.05) is 31.6 Å². The first-order chi connectivity index (χ1) is 12.0. The van der Waals surface area contributed by atoms with Crippen molar-refractivity contribution in [3.63, 3.8) is 0 Å². The van der Waals surface area contributed by atoms with Crippen LogP contribution in [0, 0.1) is 12.7 Å². The summed E-state index contributed by atoms with van der Waals surface area (Å²) in [6, 6.07) is 6.03. The molecule has 2 heterocycles. The molecule has 0 atom stereocenters. The number of nitrogens with zero attached hydrogens (tertiary/aromatic N) is 2. The molecule has 1 N–H and O–H groups in total. The molecule has 1 fully saturated rings. The number of thiazole rings is 1. The number of likely N-dealkylation sites (tertiary alicyclic amines) is 1. The van der Waals surface area contributed by atoms with Gasteiger partial charge in [-0.1, -0.05) is 0 Å². The molecule has 1 aliphatic heterocycles. The Morgan fingerprint density at radius 2 is 1.92 bits per heavy atom. The smallest absolute Gasteiger partial charge is 0.263 e. The molecule has 0 unspecified atom stereocenters. The summed E-state index contributed by atoms with van der Waals surface area (Å²) in [7, 11) is 0. The lowest BCUT2D eigenvalue weighted by atomic mass is 10.2. The Morgan fingerprint density at radius 1 is 1.24 bits per heavy atom. The maximum Gasteiger partial charge on any atom is 0.263 e. The molecule has 1 saturated heterocycles. The molecule has 7 heteroatoms. The van der Waals surface area contributed by atoms with Gasteiger partial charge in [0.25, 0.3) is 5.91 Å². The predicted molar refractivity (Wildman–Crippen MR) is 95.0 cm³/mol. The minimum atomic E-state index is -0.308. The Hall–Kier alpha value is -2.28. The Labute approximate surface area is 149 Å². The molecule has 132 valence electrons. The van der Waals surface area contributed by atoms with Crippen molar-refractivity contribution in [1.82, 2.24) is 15.2 Å². The average molecular weight is 361 g/mol. The van der Waals surface area contributed by atoms with E-state index in [2.05, 4.69) is 10.3 Å². The molecule has 1 aliphatic rings. The highest BCUT2D eigenvalue weighted by Crippen LogP contribution is 2.28. The third-order valence-electron chi connectivity index (χ3n) is 4.18. The van der Waals surface area contributed by atoms with Crippen LogP contribution in [0.5, 0.6) is 0 Å². The number of amides is 2. The largest absolute Gasteiger partial charge is 0.351 e. The summed E-state index contributed by atoms with van der Waals surface area (Å²) in [6.07, 6.45) is 2.43. The normalized spacial score (nSPS) is 13.9. The molecule has 2 amide bonds. The second-order valence-corrected chi connectivity index (χ2v) is 7.03. The van der Waals surface area contributed by atoms with Gasteiger partial charge in [0.1, 0.15) is 15.7 Å². The van der Waals surface area contributed by atoms with Gasteiger partial charge in [-0.05, 0) is 44.0 Å². The number of nitrogens with one attached hydrogen (secondary N) is 1. The van der Waals surface area contributed by atoms with Crippen LogP contribution in [0.4, 0.5) is 4.39 Å². The molecular formula is C18H20FN3O2S. The minimum Gasteiger partial charge on any atom is -0.351 e. The highest BCUT2D eigenvalue weighted by molar-refractivity contribution is 7.17. The number of aryl methyl sites for hydroxylation is 1. The fourth-order valence-electron chi connectivity index (χ4n) is 2.81. The number of carbonyl (C=O) groups is 2. The van der Waals surface area contributed by atoms with Gasteiger partial charge < -0.3 is 10.2 Å². The Kier molecular flexibility index (Phi) is 5.43. The third kappa shape index (κ3) is 4.22. The monoisotopic (exact) mass is 361 g/mol. The zero-order chi connectivity index (χ0) is 17.8. The second-order valence-electron chi connectivity index (χ2n) is 6.03. The van der Waals surface area contributed by atoms with Gasteiger partial charge in [-0.3, -0.25) is 9.59 Å². The molecular weight excluding hydrogens is 341 g/mol. The molecule has 3 rings (SSSR count). The maximum absolute atomic E-state index is 13.0. The van der Waals surface area contributed by atoms with E-state index in [1.165, 1.54) is 23.5 Å². The Bertz CT molecular complexity index is 767. The lowest BCUT2D eigenvalue weighted by Crippen LogP contribution is -2.32. The first-order valence-electron chi connectivity index (χ1n) is 8.34. The molecule has 0 radical (unpaired) electrons. The van der Waals surface area contributed by atoms with E-state index in [4.69, 9.17) is 0 Å². The van der Waals surface area contributed by atoms with Crippen LogP contribution in [0.3, 0.4) is 0 Å². The van der Waals surface area contributed by atoms with Crippen molar-refractivity contribution < 1.29 is 14.0 Å². The summed E-state index contributed by atoms with van der Waals surface area (Å²) >= 11 is 1.27. The molecule has 5 nitrogen and oxygen atoms in total. The quantitative estimate of drug-likeness (QED) is 0.890. The standard InChI is InChI=1S/C18H20FN3O2S/c1-12-16(25-18(21-12)13-4-6-14(19)7-5-13)17(24)20-9-8-15(23)22-10-2-3-11-22/h4-7H,2-3,8-11H2,1H3,(H,20,24). The molecule has 1 aromatic heterocycles. The van der Waals surface area contributed by atoms with Gasteiger partial charge in [0.2, 0.25) is 5.91 Å². The summed E-state index contributed by atoms with van der Waals surface area (Å²) in [6.45, 7) is 3.73. The fourth-order valence-corrected chi connectivity index (χ4v) is 3.80. The van der Waals surface area contributed by atoms with Crippen LogP contribution in [0.2, 0.25) is 0 Å². The topological polar surface area (TPSA) is 62.3 Å². The van der Waals surface area contributed by atoms with Crippen molar-refractivity contribution in [3.05, 3.63) is 40.7 Å². The van der Waals surface area contributed by atoms with Gasteiger partial charge in [-0.25, -0.2) is 9.37 Å². The predicted octanol–water partition coefficient (Wildman–Crippen LogP) is 3.00. The van der Waals surface area contributed by atoms with E-state index in [-0.39, 0.29) is 17.6 Å². The summed E-state index contributed by atoms with van der Waals surface area (Å²) in [5.74, 6) is -0.443. The third-order valence-corrected chi connectivity index (χ3v) is 5.38. The van der Waals surface area contributed by atoms with Gasteiger partial charge in [-0.2, -0.15) is 0 Å². The lowest BCUT2D eigenvalue weighted by Gasteiger charge is -2.15. The van der Waals surface area contributed by atoms with E-state index >= 15 is 0 Å². The van der Waals surface area contributed by atoms with Crippen LogP contribution < -0.4 is 5.32 Å². The van der Waals surface area contributed by atoms with Crippen LogP contribution in [0.25, 0.3) is 10.6 Å². The van der Waals surface area contributed by atoms with Crippen LogP contribution in [-0.2, 0) is 4.79 Å². The van der Waals surface area contributed by atoms with Crippen molar-refractivity contribution in [2.45, 2.75) is 26.2 Å². The van der Waals surface area contributed by atoms with Crippen molar-refractivity contribution in [1.29, 1.82) is 0 Å². The number of hydrogen-bond acceptors (Lipinski definition) is 4. The second kappa shape index (κ2) is 7.74. The first-order valence-corrected chi connectivity index (χ1v) is 9.15. The van der Waals surface area contributed by atoms with Crippen molar-refractivity contribution in [2.75, 3.05) is 19.6 Å². The first kappa shape index (κ1) is 17.5. The highest BCUT2D eigenvalue weighted by Gasteiger charge is 2.19. The summed E-state index contributed by atoms with van der Waals surface area (Å²) in [5.41, 5.74) is 1.41. The van der Waals surface area contributed by atoms with Gasteiger partial charge in [-0.15, -0.1) is 11.3 Å². The molecule has 0 saturated carbocycles. The van der Waals surface area contributed by atoms with E-state index in [0.29, 0.717) is 28.5 Å². The van der Waals surface area contributed by atoms with Gasteiger partial charge in [0.15, 0.2) is 0 Å². The summed E-state index contributed by atoms with van der Waals surface area (Å²) < 4.78 is 13.0. The number of aromatic nitrogens is 1. The van der Waals surface area contributed by atoms with Crippen LogP contribution >= 0.6 is 11.3 Å². The lowest BCUT2D eigenvalue weighted by molar-refractivity contribution is -0.129. The van der Waals surface area contributed by atoms with E-state index in [9.17, 15) is 14.0 Å². The zero-order valence-corrected chi connectivity index (χ0v) is 14.9. The number of rotatable bonds is 5. The maximum atomic E-state index is 13.0. The Balaban J connectivity index is 1.58. The molecule has 2 aromatic rings. The average Bonchev–Trinajstić information content (AvgIpc) is 3.25. The van der Waals surface area contributed by atoms with Gasteiger partial charge in [0.05, 0.1) is 5.69 Å².